The number of hydrogen-bond donors (Lipinski definition) is 0. The van der Waals surface area contributed by atoms with E-state index >= 15 is 0 Å². The van der Waals surface area contributed by atoms with Crippen molar-refractivity contribution >= 4 is 5.90 Å². The molecule has 0 heterocycles. The number of hydrogen-bond acceptors (Lipinski definition) is 2. The van der Waals surface area contributed by atoms with Crippen molar-refractivity contribution in [2.24, 2.45) is 4.99 Å². The highest BCUT2D eigenvalue weighted by molar-refractivity contribution is 5.74. The Morgan fingerprint density at radius 2 is 1.32 bits per heavy atom. The largest absolute Gasteiger partial charge is 0.478 e. The summed E-state index contributed by atoms with van der Waals surface area (Å²) in [5.74, 6) is 0.781. The van der Waals surface area contributed by atoms with Crippen molar-refractivity contribution in [3.05, 3.63) is 11.8 Å². The Labute approximate surface area is 141 Å². The maximum absolute atomic E-state index is 5.79. The first-order valence-corrected chi connectivity index (χ1v) is 9.36. The summed E-state index contributed by atoms with van der Waals surface area (Å²) in [7, 11) is 0. The van der Waals surface area contributed by atoms with E-state index in [4.69, 9.17) is 4.74 Å². The Kier molecular flexibility index (Phi) is 26.7. The second-order valence-corrected chi connectivity index (χ2v) is 5.53. The third-order valence-corrected chi connectivity index (χ3v) is 2.77. The van der Waals surface area contributed by atoms with Gasteiger partial charge in [-0.2, -0.15) is 0 Å². The van der Waals surface area contributed by atoms with Gasteiger partial charge in [0.15, 0.2) is 5.90 Å². The van der Waals surface area contributed by atoms with E-state index in [-0.39, 0.29) is 0 Å². The molecule has 0 aromatic rings. The van der Waals surface area contributed by atoms with Crippen molar-refractivity contribution in [3.8, 4) is 0 Å². The monoisotopic (exact) mass is 313 g/mol. The fourth-order valence-electron chi connectivity index (χ4n) is 1.75. The summed E-state index contributed by atoms with van der Waals surface area (Å²) in [4.78, 5) is 4.26. The van der Waals surface area contributed by atoms with Gasteiger partial charge in [0.2, 0.25) is 0 Å². The molecule has 2 heteroatoms. The van der Waals surface area contributed by atoms with Crippen LogP contribution in [0, 0.1) is 0 Å². The first-order chi connectivity index (χ1) is 10.5. The quantitative estimate of drug-likeness (QED) is 0.335. The van der Waals surface area contributed by atoms with E-state index in [9.17, 15) is 0 Å². The molecular formula is C20H43NO. The number of nitrogens with zero attached hydrogens (tertiary/aromatic N) is 1. The lowest BCUT2D eigenvalue weighted by molar-refractivity contribution is 0.164. The molecule has 0 N–H and O–H groups in total. The van der Waals surface area contributed by atoms with Gasteiger partial charge in [-0.15, -0.1) is 0 Å². The van der Waals surface area contributed by atoms with Gasteiger partial charge in [0.05, 0.1) is 0 Å². The predicted octanol–water partition coefficient (Wildman–Crippen LogP) is 7.54. The summed E-state index contributed by atoms with van der Waals surface area (Å²) in [5.41, 5.74) is 1.19. The van der Waals surface area contributed by atoms with Gasteiger partial charge in [-0.25, -0.2) is 4.99 Å². The van der Waals surface area contributed by atoms with Crippen LogP contribution in [0.25, 0.3) is 0 Å². The summed E-state index contributed by atoms with van der Waals surface area (Å²) in [6, 6.07) is 0. The van der Waals surface area contributed by atoms with E-state index < -0.39 is 0 Å². The molecule has 0 aromatic heterocycles. The summed E-state index contributed by atoms with van der Waals surface area (Å²) in [6.07, 6.45) is 10.8. The number of unbranched alkanes of at least 4 members (excludes halogenated alkanes) is 2. The number of aliphatic imine (C=N–C) groups is 1. The molecule has 0 bridgehead atoms. The Morgan fingerprint density at radius 3 is 1.59 bits per heavy atom. The summed E-state index contributed by atoms with van der Waals surface area (Å²) in [6.45, 7) is 18.8. The molecule has 0 radical (unpaired) electrons. The molecular weight excluding hydrogens is 270 g/mol. The highest BCUT2D eigenvalue weighted by atomic mass is 16.5. The molecule has 0 rings (SSSR count). The van der Waals surface area contributed by atoms with Crippen molar-refractivity contribution < 1.29 is 4.74 Å². The summed E-state index contributed by atoms with van der Waals surface area (Å²) in [5, 5.41) is 0. The Hall–Kier alpha value is -0.790. The first kappa shape index (κ1) is 26.1. The van der Waals surface area contributed by atoms with E-state index in [1.807, 2.05) is 40.8 Å². The molecule has 0 fully saturated rings. The minimum Gasteiger partial charge on any atom is -0.478 e. The molecule has 0 saturated carbocycles. The van der Waals surface area contributed by atoms with Crippen molar-refractivity contribution in [1.29, 1.82) is 0 Å². The fraction of sp³-hybridized carbons (Fsp3) is 0.850. The summed E-state index contributed by atoms with van der Waals surface area (Å²) < 4.78 is 5.79. The van der Waals surface area contributed by atoms with E-state index in [1.54, 1.807) is 0 Å². The van der Waals surface area contributed by atoms with Gasteiger partial charge < -0.3 is 4.74 Å². The van der Waals surface area contributed by atoms with Crippen LogP contribution in [0.5, 0.6) is 0 Å². The number of ether oxygens (including phenoxy) is 1. The molecule has 0 aliphatic rings. The maximum Gasteiger partial charge on any atom is 0.184 e. The predicted molar refractivity (Wildman–Crippen MR) is 104 cm³/mol. The molecule has 0 unspecified atom stereocenters. The Morgan fingerprint density at radius 1 is 0.864 bits per heavy atom. The maximum atomic E-state index is 5.79. The second-order valence-electron chi connectivity index (χ2n) is 5.53. The normalized spacial score (nSPS) is 10.2. The molecule has 0 aromatic carbocycles. The molecule has 2 nitrogen and oxygen atoms in total. The van der Waals surface area contributed by atoms with Crippen molar-refractivity contribution in [2.75, 3.05) is 0 Å². The zero-order chi connectivity index (χ0) is 17.8. The minimum atomic E-state index is 0.342. The molecule has 0 aliphatic heterocycles. The van der Waals surface area contributed by atoms with Crippen LogP contribution in [-0.2, 0) is 4.74 Å². The average Bonchev–Trinajstić information content (AvgIpc) is 2.49. The van der Waals surface area contributed by atoms with Gasteiger partial charge in [0, 0.05) is 13.1 Å². The molecule has 0 spiro atoms. The standard InChI is InChI=1S/C13H25NO.C5H12.C2H6/c1-6-8-13(9-7-2)15-12(5)14-10-11(3)4;1-3-5-4-2;1-2/h10,13H,6-9H2,1-5H3;3-5H2,1-2H3;1-2H3. The lowest BCUT2D eigenvalue weighted by Crippen LogP contribution is -2.15. The zero-order valence-electron chi connectivity index (χ0n) is 17.0. The smallest absolute Gasteiger partial charge is 0.184 e. The van der Waals surface area contributed by atoms with Crippen LogP contribution in [0.3, 0.4) is 0 Å². The van der Waals surface area contributed by atoms with Gasteiger partial charge in [0.1, 0.15) is 6.10 Å². The van der Waals surface area contributed by atoms with Crippen molar-refractivity contribution in [3.63, 3.8) is 0 Å². The van der Waals surface area contributed by atoms with Crippen molar-refractivity contribution in [1.82, 2.24) is 0 Å². The number of allylic oxidation sites excluding steroid dienone is 1. The van der Waals surface area contributed by atoms with Crippen LogP contribution in [0.2, 0.25) is 0 Å². The van der Waals surface area contributed by atoms with Crippen LogP contribution in [0.15, 0.2) is 16.8 Å². The van der Waals surface area contributed by atoms with E-state index in [2.05, 4.69) is 32.7 Å². The Balaban J connectivity index is -0.000000434. The van der Waals surface area contributed by atoms with E-state index in [0.29, 0.717) is 6.10 Å². The van der Waals surface area contributed by atoms with Gasteiger partial charge in [-0.05, 0) is 26.7 Å². The van der Waals surface area contributed by atoms with Gasteiger partial charge >= 0.3 is 0 Å². The highest BCUT2D eigenvalue weighted by Gasteiger charge is 2.07. The van der Waals surface area contributed by atoms with Crippen LogP contribution in [-0.4, -0.2) is 12.0 Å². The highest BCUT2D eigenvalue weighted by Crippen LogP contribution is 2.10. The molecule has 0 aliphatic carbocycles. The van der Waals surface area contributed by atoms with Gasteiger partial charge in [-0.3, -0.25) is 0 Å². The lowest BCUT2D eigenvalue weighted by atomic mass is 10.1. The lowest BCUT2D eigenvalue weighted by Gasteiger charge is -2.16. The zero-order valence-corrected chi connectivity index (χ0v) is 17.0. The fourth-order valence-corrected chi connectivity index (χ4v) is 1.75. The third kappa shape index (κ3) is 24.2. The average molecular weight is 314 g/mol. The number of rotatable bonds is 8. The minimum absolute atomic E-state index is 0.342. The van der Waals surface area contributed by atoms with E-state index in [0.717, 1.165) is 18.7 Å². The summed E-state index contributed by atoms with van der Waals surface area (Å²) >= 11 is 0. The molecule has 0 atom stereocenters. The van der Waals surface area contributed by atoms with Crippen molar-refractivity contribution in [2.45, 2.75) is 113 Å². The molecule has 134 valence electrons. The van der Waals surface area contributed by atoms with Crippen LogP contribution < -0.4 is 0 Å². The van der Waals surface area contributed by atoms with Crippen LogP contribution in [0.4, 0.5) is 0 Å². The molecule has 0 amide bonds. The second kappa shape index (κ2) is 22.5. The third-order valence-electron chi connectivity index (χ3n) is 2.77. The van der Waals surface area contributed by atoms with Crippen LogP contribution in [0.1, 0.15) is 107 Å². The SMILES string of the molecule is CC.CCCC(CCC)OC(C)=NC=C(C)C.CCCCC. The van der Waals surface area contributed by atoms with Gasteiger partial charge in [0.25, 0.3) is 0 Å². The van der Waals surface area contributed by atoms with E-state index in [1.165, 1.54) is 37.7 Å². The Bertz CT molecular complexity index is 244. The molecule has 22 heavy (non-hydrogen) atoms. The van der Waals surface area contributed by atoms with Gasteiger partial charge in [-0.1, -0.05) is 79.2 Å². The topological polar surface area (TPSA) is 21.6 Å². The first-order valence-electron chi connectivity index (χ1n) is 9.36. The molecule has 0 saturated heterocycles. The van der Waals surface area contributed by atoms with Crippen LogP contribution >= 0.6 is 0 Å².